The minimum absolute atomic E-state index is 0.0342. The SMILES string of the molecule is COCCn1c(Cc2cc(F)c(-c3cccc(OCc4ccc(C)c(F)c4)n3)cc2F)nc2ccc(C(=O)O)cc21. The monoisotopic (exact) mass is 561 g/mol. The maximum Gasteiger partial charge on any atom is 0.335 e. The molecule has 0 fully saturated rings. The van der Waals surface area contributed by atoms with Crippen LogP contribution in [-0.2, 0) is 24.3 Å². The molecule has 0 saturated carbocycles. The highest BCUT2D eigenvalue weighted by Crippen LogP contribution is 2.28. The van der Waals surface area contributed by atoms with Crippen molar-refractivity contribution in [2.45, 2.75) is 26.5 Å². The number of hydrogen-bond donors (Lipinski definition) is 1. The molecule has 1 N–H and O–H groups in total. The second kappa shape index (κ2) is 11.8. The fourth-order valence-electron chi connectivity index (χ4n) is 4.49. The number of fused-ring (bicyclic) bond motifs is 1. The van der Waals surface area contributed by atoms with E-state index in [-0.39, 0.29) is 47.1 Å². The van der Waals surface area contributed by atoms with E-state index in [0.717, 1.165) is 12.1 Å². The summed E-state index contributed by atoms with van der Waals surface area (Å²) in [4.78, 5) is 20.3. The van der Waals surface area contributed by atoms with Crippen molar-refractivity contribution < 1.29 is 32.5 Å². The first kappa shape index (κ1) is 27.9. The summed E-state index contributed by atoms with van der Waals surface area (Å²) in [7, 11) is 1.53. The number of carboxylic acids is 1. The molecule has 3 aromatic carbocycles. The van der Waals surface area contributed by atoms with E-state index in [9.17, 15) is 14.3 Å². The van der Waals surface area contributed by atoms with E-state index in [2.05, 4.69) is 9.97 Å². The number of nitrogens with zero attached hydrogens (tertiary/aromatic N) is 3. The van der Waals surface area contributed by atoms with Crippen LogP contribution >= 0.6 is 0 Å². The predicted molar refractivity (Wildman–Crippen MR) is 146 cm³/mol. The number of pyridine rings is 1. The predicted octanol–water partition coefficient (Wildman–Crippen LogP) is 6.34. The fraction of sp³-hybridized carbons (Fsp3) is 0.194. The minimum Gasteiger partial charge on any atom is -0.478 e. The first-order valence-electron chi connectivity index (χ1n) is 12.8. The second-order valence-corrected chi connectivity index (χ2v) is 9.51. The van der Waals surface area contributed by atoms with Crippen molar-refractivity contribution in [3.05, 3.63) is 112 Å². The van der Waals surface area contributed by atoms with Gasteiger partial charge in [-0.3, -0.25) is 0 Å². The Hall–Kier alpha value is -4.70. The fourth-order valence-corrected chi connectivity index (χ4v) is 4.49. The molecular weight excluding hydrogens is 535 g/mol. The van der Waals surface area contributed by atoms with Gasteiger partial charge in [0.1, 0.15) is 29.9 Å². The summed E-state index contributed by atoms with van der Waals surface area (Å²) < 4.78 is 57.1. The van der Waals surface area contributed by atoms with Crippen LogP contribution in [0.2, 0.25) is 0 Å². The van der Waals surface area contributed by atoms with Crippen molar-refractivity contribution >= 4 is 17.0 Å². The van der Waals surface area contributed by atoms with E-state index in [4.69, 9.17) is 9.47 Å². The molecule has 0 saturated heterocycles. The first-order chi connectivity index (χ1) is 19.7. The zero-order valence-electron chi connectivity index (χ0n) is 22.3. The summed E-state index contributed by atoms with van der Waals surface area (Å²) in [6, 6.07) is 16.2. The lowest BCUT2D eigenvalue weighted by Crippen LogP contribution is -2.10. The maximum atomic E-state index is 15.4. The van der Waals surface area contributed by atoms with Gasteiger partial charge in [0.25, 0.3) is 0 Å². The van der Waals surface area contributed by atoms with Crippen LogP contribution in [-0.4, -0.2) is 39.3 Å². The van der Waals surface area contributed by atoms with Crippen LogP contribution in [0.4, 0.5) is 13.2 Å². The largest absolute Gasteiger partial charge is 0.478 e. The molecule has 5 aromatic rings. The molecule has 0 amide bonds. The lowest BCUT2D eigenvalue weighted by atomic mass is 10.0. The molecule has 0 aliphatic heterocycles. The van der Waals surface area contributed by atoms with Gasteiger partial charge < -0.3 is 19.1 Å². The average Bonchev–Trinajstić information content (AvgIpc) is 3.30. The number of rotatable bonds is 10. The number of imidazole rings is 1. The Morgan fingerprint density at radius 2 is 1.78 bits per heavy atom. The Morgan fingerprint density at radius 3 is 2.54 bits per heavy atom. The third kappa shape index (κ3) is 6.07. The van der Waals surface area contributed by atoms with Crippen molar-refractivity contribution in [3.63, 3.8) is 0 Å². The van der Waals surface area contributed by atoms with Crippen LogP contribution < -0.4 is 4.74 Å². The molecule has 0 bridgehead atoms. The molecule has 0 atom stereocenters. The van der Waals surface area contributed by atoms with Gasteiger partial charge in [-0.25, -0.2) is 27.9 Å². The zero-order valence-corrected chi connectivity index (χ0v) is 22.3. The lowest BCUT2D eigenvalue weighted by molar-refractivity contribution is 0.0697. The number of aromatic nitrogens is 3. The molecule has 0 spiro atoms. The molecule has 210 valence electrons. The van der Waals surface area contributed by atoms with Crippen LogP contribution in [0.3, 0.4) is 0 Å². The number of hydrogen-bond acceptors (Lipinski definition) is 5. The summed E-state index contributed by atoms with van der Waals surface area (Å²) >= 11 is 0. The minimum atomic E-state index is -1.08. The van der Waals surface area contributed by atoms with Gasteiger partial charge in [0.2, 0.25) is 5.88 Å². The van der Waals surface area contributed by atoms with Gasteiger partial charge in [-0.05, 0) is 66.1 Å². The van der Waals surface area contributed by atoms with Crippen LogP contribution in [0.25, 0.3) is 22.3 Å². The van der Waals surface area contributed by atoms with Crippen molar-refractivity contribution in [3.8, 4) is 17.1 Å². The molecule has 41 heavy (non-hydrogen) atoms. The third-order valence-electron chi connectivity index (χ3n) is 6.70. The highest BCUT2D eigenvalue weighted by atomic mass is 19.1. The van der Waals surface area contributed by atoms with Crippen molar-refractivity contribution in [2.24, 2.45) is 0 Å². The number of halogens is 3. The van der Waals surface area contributed by atoms with Crippen molar-refractivity contribution in [1.29, 1.82) is 0 Å². The van der Waals surface area contributed by atoms with E-state index < -0.39 is 17.6 Å². The van der Waals surface area contributed by atoms with E-state index in [1.54, 1.807) is 47.9 Å². The van der Waals surface area contributed by atoms with Gasteiger partial charge in [0.05, 0.1) is 28.9 Å². The summed E-state index contributed by atoms with van der Waals surface area (Å²) in [6.07, 6.45) is -0.0342. The Balaban J connectivity index is 1.41. The quantitative estimate of drug-likeness (QED) is 0.214. The molecule has 0 aliphatic carbocycles. The molecule has 7 nitrogen and oxygen atoms in total. The van der Waals surface area contributed by atoms with Crippen LogP contribution in [0.1, 0.15) is 32.9 Å². The van der Waals surface area contributed by atoms with Crippen molar-refractivity contribution in [2.75, 3.05) is 13.7 Å². The average molecular weight is 562 g/mol. The number of methoxy groups -OCH3 is 1. The normalized spacial score (nSPS) is 11.2. The molecule has 0 aliphatic rings. The summed E-state index contributed by atoms with van der Waals surface area (Å²) in [5.41, 5.74) is 2.52. The Morgan fingerprint density at radius 1 is 0.951 bits per heavy atom. The van der Waals surface area contributed by atoms with Crippen LogP contribution in [0, 0.1) is 24.4 Å². The number of ether oxygens (including phenoxy) is 2. The second-order valence-electron chi connectivity index (χ2n) is 9.51. The van der Waals surface area contributed by atoms with E-state index >= 15 is 8.78 Å². The molecule has 5 rings (SSSR count). The number of carboxylic acid groups (broad SMARTS) is 1. The summed E-state index contributed by atoms with van der Waals surface area (Å²) in [6.45, 7) is 2.38. The van der Waals surface area contributed by atoms with Gasteiger partial charge in [-0.2, -0.15) is 0 Å². The number of aryl methyl sites for hydroxylation is 1. The number of aromatic carboxylic acids is 1. The molecular formula is C31H26F3N3O4. The molecule has 0 unspecified atom stereocenters. The Bertz CT molecular complexity index is 1750. The maximum absolute atomic E-state index is 15.4. The highest BCUT2D eigenvalue weighted by Gasteiger charge is 2.18. The van der Waals surface area contributed by atoms with Gasteiger partial charge >= 0.3 is 5.97 Å². The smallest absolute Gasteiger partial charge is 0.335 e. The zero-order chi connectivity index (χ0) is 29.1. The summed E-state index contributed by atoms with van der Waals surface area (Å²) in [5, 5.41) is 9.39. The van der Waals surface area contributed by atoms with Gasteiger partial charge in [-0.1, -0.05) is 18.2 Å². The van der Waals surface area contributed by atoms with Crippen LogP contribution in [0.5, 0.6) is 5.88 Å². The molecule has 2 aromatic heterocycles. The molecule has 2 heterocycles. The van der Waals surface area contributed by atoms with E-state index in [1.165, 1.54) is 25.3 Å². The van der Waals surface area contributed by atoms with Crippen LogP contribution in [0.15, 0.2) is 66.7 Å². The number of carbonyl (C=O) groups is 1. The Kier molecular flexibility index (Phi) is 8.02. The van der Waals surface area contributed by atoms with E-state index in [1.807, 2.05) is 0 Å². The van der Waals surface area contributed by atoms with Gasteiger partial charge in [0.15, 0.2) is 0 Å². The molecule has 0 radical (unpaired) electrons. The van der Waals surface area contributed by atoms with Crippen molar-refractivity contribution in [1.82, 2.24) is 14.5 Å². The first-order valence-corrected chi connectivity index (χ1v) is 12.8. The topological polar surface area (TPSA) is 86.5 Å². The molecule has 10 heteroatoms. The lowest BCUT2D eigenvalue weighted by Gasteiger charge is -2.12. The third-order valence-corrected chi connectivity index (χ3v) is 6.70. The van der Waals surface area contributed by atoms with Gasteiger partial charge in [-0.15, -0.1) is 0 Å². The standard InChI is InChI=1S/C31H26F3N3O4/c1-18-6-7-19(12-23(18)32)17-41-30-5-3-4-26(36-30)22-16-24(33)21(13-25(22)34)15-29-35-27-9-8-20(31(38)39)14-28(27)37(29)10-11-40-2/h3-9,12-14,16H,10-11,15,17H2,1-2H3,(H,38,39). The van der Waals surface area contributed by atoms with Gasteiger partial charge in [0, 0.05) is 31.7 Å². The summed E-state index contributed by atoms with van der Waals surface area (Å²) in [5.74, 6) is -2.14. The van der Waals surface area contributed by atoms with E-state index in [0.29, 0.717) is 41.1 Å². The Labute approximate surface area is 233 Å². The highest BCUT2D eigenvalue weighted by molar-refractivity contribution is 5.92. The number of benzene rings is 3.